The van der Waals surface area contributed by atoms with Crippen molar-refractivity contribution in [1.82, 2.24) is 10.9 Å². The molecule has 2 rings (SSSR count). The van der Waals surface area contributed by atoms with E-state index in [2.05, 4.69) is 20.9 Å². The Kier molecular flexibility index (Phi) is 6.63. The lowest BCUT2D eigenvalue weighted by molar-refractivity contribution is -0.384. The zero-order valence-electron chi connectivity index (χ0n) is 13.8. The van der Waals surface area contributed by atoms with Crippen molar-refractivity contribution in [3.63, 3.8) is 0 Å². The molecule has 3 N–H and O–H groups in total. The van der Waals surface area contributed by atoms with Crippen molar-refractivity contribution < 1.29 is 19.2 Å². The second-order valence-electron chi connectivity index (χ2n) is 5.06. The van der Waals surface area contributed by atoms with Crippen molar-refractivity contribution in [2.75, 3.05) is 12.4 Å². The number of anilines is 1. The van der Waals surface area contributed by atoms with Crippen LogP contribution in [0.2, 0.25) is 5.02 Å². The monoisotopic (exact) mass is 408 g/mol. The summed E-state index contributed by atoms with van der Waals surface area (Å²) in [6, 6.07) is 9.89. The second-order valence-corrected chi connectivity index (χ2v) is 5.90. The third-order valence-electron chi connectivity index (χ3n) is 3.20. The Balaban J connectivity index is 2.07. The van der Waals surface area contributed by atoms with Gasteiger partial charge in [0.15, 0.2) is 5.11 Å². The minimum atomic E-state index is -0.805. The molecule has 2 aromatic rings. The number of thiocarbonyl (C=S) groups is 1. The van der Waals surface area contributed by atoms with Gasteiger partial charge >= 0.3 is 5.97 Å². The van der Waals surface area contributed by atoms with Crippen LogP contribution in [-0.4, -0.2) is 29.0 Å². The Bertz CT molecular complexity index is 904. The molecule has 2 aromatic carbocycles. The number of ether oxygens (including phenoxy) is 1. The highest BCUT2D eigenvalue weighted by molar-refractivity contribution is 7.80. The first-order chi connectivity index (χ1) is 12.8. The van der Waals surface area contributed by atoms with Crippen LogP contribution in [0, 0.1) is 10.1 Å². The molecule has 0 atom stereocenters. The molecule has 0 unspecified atom stereocenters. The predicted molar refractivity (Wildman–Crippen MR) is 103 cm³/mol. The third kappa shape index (κ3) is 5.62. The number of amides is 1. The number of nitrogens with one attached hydrogen (secondary N) is 3. The van der Waals surface area contributed by atoms with E-state index in [1.165, 1.54) is 6.07 Å². The fourth-order valence-electron chi connectivity index (χ4n) is 1.96. The van der Waals surface area contributed by atoms with Gasteiger partial charge in [0, 0.05) is 28.4 Å². The fourth-order valence-corrected chi connectivity index (χ4v) is 2.26. The van der Waals surface area contributed by atoms with Gasteiger partial charge in [0.1, 0.15) is 0 Å². The minimum Gasteiger partial charge on any atom is -0.465 e. The van der Waals surface area contributed by atoms with Gasteiger partial charge in [-0.2, -0.15) is 0 Å². The molecule has 0 saturated carbocycles. The van der Waals surface area contributed by atoms with Crippen molar-refractivity contribution in [1.29, 1.82) is 0 Å². The summed E-state index contributed by atoms with van der Waals surface area (Å²) in [4.78, 5) is 34.1. The van der Waals surface area contributed by atoms with Crippen LogP contribution in [0.5, 0.6) is 0 Å². The van der Waals surface area contributed by atoms with Gasteiger partial charge < -0.3 is 10.1 Å². The average molecular weight is 409 g/mol. The van der Waals surface area contributed by atoms with Gasteiger partial charge in [-0.15, -0.1) is 0 Å². The highest BCUT2D eigenvalue weighted by Crippen LogP contribution is 2.18. The first-order valence-corrected chi connectivity index (χ1v) is 8.09. The summed E-state index contributed by atoms with van der Waals surface area (Å²) in [6.07, 6.45) is 0. The SMILES string of the molecule is COC(=O)c1cc(C(=O)NNC(=S)Nc2ccc(Cl)cc2)cc([N+](=O)[O-])c1. The number of non-ortho nitro benzene ring substituents is 1. The van der Waals surface area contributed by atoms with E-state index >= 15 is 0 Å². The Morgan fingerprint density at radius 3 is 2.33 bits per heavy atom. The maximum Gasteiger partial charge on any atom is 0.338 e. The van der Waals surface area contributed by atoms with E-state index in [4.69, 9.17) is 23.8 Å². The van der Waals surface area contributed by atoms with Gasteiger partial charge in [0.2, 0.25) is 0 Å². The number of halogens is 1. The van der Waals surface area contributed by atoms with E-state index in [0.717, 1.165) is 19.2 Å². The fraction of sp³-hybridized carbons (Fsp3) is 0.0625. The summed E-state index contributed by atoms with van der Waals surface area (Å²) < 4.78 is 4.53. The van der Waals surface area contributed by atoms with E-state index in [0.29, 0.717) is 10.7 Å². The molecule has 0 fully saturated rings. The Hall–Kier alpha value is -3.24. The number of hydrazine groups is 1. The number of carbonyl (C=O) groups is 2. The molecule has 0 bridgehead atoms. The smallest absolute Gasteiger partial charge is 0.338 e. The number of methoxy groups -OCH3 is 1. The van der Waals surface area contributed by atoms with Gasteiger partial charge in [0.05, 0.1) is 17.6 Å². The van der Waals surface area contributed by atoms with Crippen LogP contribution in [0.1, 0.15) is 20.7 Å². The number of hydrogen-bond donors (Lipinski definition) is 3. The topological polar surface area (TPSA) is 123 Å². The Morgan fingerprint density at radius 2 is 1.74 bits per heavy atom. The predicted octanol–water partition coefficient (Wildman–Crippen LogP) is 2.67. The number of carbonyl (C=O) groups excluding carboxylic acids is 2. The maximum absolute atomic E-state index is 12.2. The summed E-state index contributed by atoms with van der Waals surface area (Å²) in [5.74, 6) is -1.54. The van der Waals surface area contributed by atoms with Gasteiger partial charge in [-0.25, -0.2) is 4.79 Å². The molecule has 140 valence electrons. The van der Waals surface area contributed by atoms with E-state index in [1.807, 2.05) is 0 Å². The van der Waals surface area contributed by atoms with Gasteiger partial charge in [-0.05, 0) is 42.5 Å². The second kappa shape index (κ2) is 8.92. The largest absolute Gasteiger partial charge is 0.465 e. The quantitative estimate of drug-likeness (QED) is 0.305. The van der Waals surface area contributed by atoms with Gasteiger partial charge in [-0.3, -0.25) is 25.8 Å². The van der Waals surface area contributed by atoms with Crippen LogP contribution in [0.4, 0.5) is 11.4 Å². The number of nitro benzene ring substituents is 1. The normalized spacial score (nSPS) is 9.85. The number of rotatable bonds is 4. The molecular formula is C16H13ClN4O5S. The zero-order valence-corrected chi connectivity index (χ0v) is 15.4. The minimum absolute atomic E-state index is 0.0734. The maximum atomic E-state index is 12.2. The highest BCUT2D eigenvalue weighted by atomic mass is 35.5. The average Bonchev–Trinajstić information content (AvgIpc) is 2.66. The molecule has 0 aliphatic rings. The van der Waals surface area contributed by atoms with Gasteiger partial charge in [-0.1, -0.05) is 11.6 Å². The molecule has 0 radical (unpaired) electrons. The van der Waals surface area contributed by atoms with E-state index in [9.17, 15) is 19.7 Å². The van der Waals surface area contributed by atoms with Crippen molar-refractivity contribution in [3.8, 4) is 0 Å². The van der Waals surface area contributed by atoms with Crippen LogP contribution < -0.4 is 16.2 Å². The van der Waals surface area contributed by atoms with E-state index in [-0.39, 0.29) is 16.2 Å². The molecule has 27 heavy (non-hydrogen) atoms. The molecular weight excluding hydrogens is 396 g/mol. The molecule has 0 aliphatic heterocycles. The van der Waals surface area contributed by atoms with Crippen LogP contribution in [0.3, 0.4) is 0 Å². The lowest BCUT2D eigenvalue weighted by Crippen LogP contribution is -2.43. The molecule has 1 amide bonds. The number of esters is 1. The first-order valence-electron chi connectivity index (χ1n) is 7.31. The Labute approximate surface area is 163 Å². The van der Waals surface area contributed by atoms with Crippen LogP contribution in [0.25, 0.3) is 0 Å². The number of hydrogen-bond acceptors (Lipinski definition) is 6. The molecule has 0 aliphatic carbocycles. The standard InChI is InChI=1S/C16H13ClN4O5S/c1-26-15(23)10-6-9(7-13(8-10)21(24)25)14(22)19-20-16(27)18-12-4-2-11(17)3-5-12/h2-8H,1H3,(H,19,22)(H2,18,20,27). The van der Waals surface area contributed by atoms with Crippen LogP contribution in [-0.2, 0) is 4.74 Å². The van der Waals surface area contributed by atoms with E-state index in [1.54, 1.807) is 24.3 Å². The molecule has 0 aromatic heterocycles. The number of nitro groups is 1. The lowest BCUT2D eigenvalue weighted by atomic mass is 10.1. The molecule has 0 heterocycles. The van der Waals surface area contributed by atoms with Gasteiger partial charge in [0.25, 0.3) is 11.6 Å². The highest BCUT2D eigenvalue weighted by Gasteiger charge is 2.18. The van der Waals surface area contributed by atoms with Crippen molar-refractivity contribution >= 4 is 52.2 Å². The van der Waals surface area contributed by atoms with Crippen LogP contribution in [0.15, 0.2) is 42.5 Å². The number of benzene rings is 2. The molecule has 0 saturated heterocycles. The van der Waals surface area contributed by atoms with E-state index < -0.39 is 22.5 Å². The number of nitrogens with zero attached hydrogens (tertiary/aromatic N) is 1. The zero-order chi connectivity index (χ0) is 20.0. The van der Waals surface area contributed by atoms with Crippen LogP contribution >= 0.6 is 23.8 Å². The summed E-state index contributed by atoms with van der Waals surface area (Å²) >= 11 is 10.8. The summed E-state index contributed by atoms with van der Waals surface area (Å²) in [5, 5.41) is 14.4. The molecule has 0 spiro atoms. The molecule has 11 heteroatoms. The molecule has 9 nitrogen and oxygen atoms in total. The van der Waals surface area contributed by atoms with Crippen molar-refractivity contribution in [2.45, 2.75) is 0 Å². The summed E-state index contributed by atoms with van der Waals surface area (Å²) in [6.45, 7) is 0. The van der Waals surface area contributed by atoms with Crippen molar-refractivity contribution in [2.24, 2.45) is 0 Å². The van der Waals surface area contributed by atoms with Crippen molar-refractivity contribution in [3.05, 3.63) is 68.7 Å². The summed E-state index contributed by atoms with van der Waals surface area (Å²) in [7, 11) is 1.13. The first kappa shape index (κ1) is 20.1. The Morgan fingerprint density at radius 1 is 1.11 bits per heavy atom. The summed E-state index contributed by atoms with van der Waals surface area (Å²) in [5.41, 5.74) is 4.71. The third-order valence-corrected chi connectivity index (χ3v) is 3.66. The lowest BCUT2D eigenvalue weighted by Gasteiger charge is -2.12.